The highest BCUT2D eigenvalue weighted by Gasteiger charge is 2.24. The van der Waals surface area contributed by atoms with Crippen molar-refractivity contribution in [3.63, 3.8) is 0 Å². The van der Waals surface area contributed by atoms with Crippen molar-refractivity contribution in [2.45, 2.75) is 45.7 Å². The molecule has 0 aliphatic rings. The first-order valence-electron chi connectivity index (χ1n) is 11.9. The van der Waals surface area contributed by atoms with E-state index in [1.807, 2.05) is 62.7 Å². The van der Waals surface area contributed by atoms with E-state index in [1.54, 1.807) is 20.7 Å². The van der Waals surface area contributed by atoms with E-state index >= 15 is 0 Å². The molecule has 6 nitrogen and oxygen atoms in total. The van der Waals surface area contributed by atoms with Crippen LogP contribution in [0.25, 0.3) is 5.69 Å². The van der Waals surface area contributed by atoms with Crippen LogP contribution in [0.2, 0.25) is 0 Å². The SMILES string of the molecule is CCCc1ccc([C@@H](N[C@@H](C)C(=O)Nc2c(C)n(C)n(-c3ccccc3)c2=O)c2cccs2)cc1. The Balaban J connectivity index is 1.56. The fraction of sp³-hybridized carbons (Fsp3) is 0.286. The van der Waals surface area contributed by atoms with Crippen LogP contribution in [0.1, 0.15) is 48.0 Å². The van der Waals surface area contributed by atoms with E-state index in [4.69, 9.17) is 0 Å². The van der Waals surface area contributed by atoms with E-state index < -0.39 is 6.04 Å². The number of carbonyl (C=O) groups excluding carboxylic acids is 1. The molecule has 0 saturated carbocycles. The number of rotatable bonds is 9. The average molecular weight is 489 g/mol. The Hall–Kier alpha value is -3.42. The zero-order valence-corrected chi connectivity index (χ0v) is 21.4. The van der Waals surface area contributed by atoms with Gasteiger partial charge in [0.15, 0.2) is 0 Å². The predicted octanol–water partition coefficient (Wildman–Crippen LogP) is 5.20. The molecule has 0 fully saturated rings. The number of hydrogen-bond acceptors (Lipinski definition) is 4. The van der Waals surface area contributed by atoms with Crippen molar-refractivity contribution < 1.29 is 4.79 Å². The summed E-state index contributed by atoms with van der Waals surface area (Å²) in [5.41, 5.74) is 3.90. The lowest BCUT2D eigenvalue weighted by atomic mass is 10.0. The first-order valence-corrected chi connectivity index (χ1v) is 12.8. The fourth-order valence-electron chi connectivity index (χ4n) is 4.23. The number of nitrogens with one attached hydrogen (secondary N) is 2. The second kappa shape index (κ2) is 10.9. The smallest absolute Gasteiger partial charge is 0.295 e. The van der Waals surface area contributed by atoms with Crippen LogP contribution < -0.4 is 16.2 Å². The van der Waals surface area contributed by atoms with Crippen molar-refractivity contribution >= 4 is 22.9 Å². The molecule has 2 aromatic heterocycles. The van der Waals surface area contributed by atoms with Gasteiger partial charge in [-0.1, -0.05) is 61.9 Å². The van der Waals surface area contributed by atoms with Gasteiger partial charge >= 0.3 is 0 Å². The Morgan fingerprint density at radius 2 is 1.74 bits per heavy atom. The van der Waals surface area contributed by atoms with Gasteiger partial charge in [0.25, 0.3) is 5.56 Å². The molecule has 35 heavy (non-hydrogen) atoms. The zero-order chi connectivity index (χ0) is 24.9. The number of carbonyl (C=O) groups is 1. The molecule has 2 heterocycles. The van der Waals surface area contributed by atoms with Crippen molar-refractivity contribution in [3.05, 3.63) is 104 Å². The summed E-state index contributed by atoms with van der Waals surface area (Å²) in [6.07, 6.45) is 2.15. The van der Waals surface area contributed by atoms with Crippen LogP contribution >= 0.6 is 11.3 Å². The standard InChI is InChI=1S/C28H32N4O2S/c1-5-10-21-14-16-22(17-15-21)26(24-13-9-18-35-24)29-19(2)27(33)30-25-20(3)31(4)32(28(25)34)23-11-7-6-8-12-23/h6-9,11-19,26,29H,5,10H2,1-4H3,(H,30,33)/t19-,26+/m0/s1. The highest BCUT2D eigenvalue weighted by Crippen LogP contribution is 2.27. The van der Waals surface area contributed by atoms with Crippen LogP contribution in [-0.2, 0) is 18.3 Å². The van der Waals surface area contributed by atoms with Gasteiger partial charge in [-0.3, -0.25) is 19.6 Å². The summed E-state index contributed by atoms with van der Waals surface area (Å²) in [6, 6.07) is 21.4. The average Bonchev–Trinajstić information content (AvgIpc) is 3.47. The van der Waals surface area contributed by atoms with Gasteiger partial charge in [0, 0.05) is 11.9 Å². The van der Waals surface area contributed by atoms with Gasteiger partial charge in [-0.15, -0.1) is 11.3 Å². The number of anilines is 1. The van der Waals surface area contributed by atoms with E-state index in [-0.39, 0.29) is 17.5 Å². The van der Waals surface area contributed by atoms with E-state index in [2.05, 4.69) is 47.9 Å². The van der Waals surface area contributed by atoms with Gasteiger partial charge in [0.1, 0.15) is 5.69 Å². The molecule has 0 aliphatic heterocycles. The van der Waals surface area contributed by atoms with Crippen molar-refractivity contribution in [3.8, 4) is 5.69 Å². The molecule has 0 saturated heterocycles. The van der Waals surface area contributed by atoms with E-state index in [9.17, 15) is 9.59 Å². The summed E-state index contributed by atoms with van der Waals surface area (Å²) in [5, 5.41) is 8.41. The Bertz CT molecular complexity index is 1320. The normalized spacial score (nSPS) is 12.9. The van der Waals surface area contributed by atoms with Crippen LogP contribution in [0.5, 0.6) is 0 Å². The molecule has 2 N–H and O–H groups in total. The van der Waals surface area contributed by atoms with Crippen molar-refractivity contribution in [1.82, 2.24) is 14.7 Å². The quantitative estimate of drug-likeness (QED) is 0.340. The summed E-state index contributed by atoms with van der Waals surface area (Å²) in [5.74, 6) is -0.250. The molecule has 0 bridgehead atoms. The number of para-hydroxylation sites is 1. The summed E-state index contributed by atoms with van der Waals surface area (Å²) >= 11 is 1.65. The monoisotopic (exact) mass is 488 g/mol. The molecule has 4 rings (SSSR count). The number of aryl methyl sites for hydroxylation is 1. The number of hydrogen-bond donors (Lipinski definition) is 2. The topological polar surface area (TPSA) is 68.1 Å². The molecule has 7 heteroatoms. The third-order valence-electron chi connectivity index (χ3n) is 6.29. The largest absolute Gasteiger partial charge is 0.319 e. The first kappa shape index (κ1) is 24.7. The Labute approximate surface area is 210 Å². The summed E-state index contributed by atoms with van der Waals surface area (Å²) in [6.45, 7) is 5.84. The second-order valence-corrected chi connectivity index (χ2v) is 9.73. The number of aromatic nitrogens is 2. The summed E-state index contributed by atoms with van der Waals surface area (Å²) in [7, 11) is 1.82. The fourth-order valence-corrected chi connectivity index (χ4v) is 5.04. The number of thiophene rings is 1. The summed E-state index contributed by atoms with van der Waals surface area (Å²) < 4.78 is 3.33. The highest BCUT2D eigenvalue weighted by atomic mass is 32.1. The first-order chi connectivity index (χ1) is 16.9. The van der Waals surface area contributed by atoms with Crippen molar-refractivity contribution in [2.75, 3.05) is 5.32 Å². The van der Waals surface area contributed by atoms with Crippen LogP contribution in [0.4, 0.5) is 5.69 Å². The minimum atomic E-state index is -0.526. The van der Waals surface area contributed by atoms with Gasteiger partial charge in [-0.25, -0.2) is 4.68 Å². The van der Waals surface area contributed by atoms with Crippen LogP contribution in [0.15, 0.2) is 76.9 Å². The third kappa shape index (κ3) is 5.31. The lowest BCUT2D eigenvalue weighted by Crippen LogP contribution is -2.41. The number of benzene rings is 2. The molecule has 0 unspecified atom stereocenters. The van der Waals surface area contributed by atoms with Crippen LogP contribution in [0.3, 0.4) is 0 Å². The molecule has 0 aliphatic carbocycles. The molecule has 4 aromatic rings. The van der Waals surface area contributed by atoms with Gasteiger partial charge in [0.2, 0.25) is 5.91 Å². The predicted molar refractivity (Wildman–Crippen MR) is 144 cm³/mol. The maximum atomic E-state index is 13.2. The van der Waals surface area contributed by atoms with Gasteiger partial charge in [-0.05, 0) is 55.0 Å². The lowest BCUT2D eigenvalue weighted by molar-refractivity contribution is -0.117. The van der Waals surface area contributed by atoms with Crippen molar-refractivity contribution in [2.24, 2.45) is 7.05 Å². The minimum Gasteiger partial charge on any atom is -0.319 e. The second-order valence-electron chi connectivity index (χ2n) is 8.75. The molecule has 0 spiro atoms. The minimum absolute atomic E-state index is 0.121. The zero-order valence-electron chi connectivity index (χ0n) is 20.6. The van der Waals surface area contributed by atoms with Gasteiger partial charge in [0.05, 0.1) is 23.5 Å². The maximum Gasteiger partial charge on any atom is 0.295 e. The molecule has 2 aromatic carbocycles. The molecular weight excluding hydrogens is 456 g/mol. The highest BCUT2D eigenvalue weighted by molar-refractivity contribution is 7.10. The molecular formula is C28H32N4O2S. The van der Waals surface area contributed by atoms with Crippen molar-refractivity contribution in [1.29, 1.82) is 0 Å². The molecule has 1 amide bonds. The van der Waals surface area contributed by atoms with Gasteiger partial charge < -0.3 is 5.32 Å². The molecule has 2 atom stereocenters. The Kier molecular flexibility index (Phi) is 7.68. The maximum absolute atomic E-state index is 13.2. The summed E-state index contributed by atoms with van der Waals surface area (Å²) in [4.78, 5) is 27.5. The Morgan fingerprint density at radius 1 is 1.03 bits per heavy atom. The Morgan fingerprint density at radius 3 is 2.37 bits per heavy atom. The van der Waals surface area contributed by atoms with E-state index in [0.29, 0.717) is 11.4 Å². The lowest BCUT2D eigenvalue weighted by Gasteiger charge is -2.23. The van der Waals surface area contributed by atoms with Gasteiger partial charge in [-0.2, -0.15) is 0 Å². The van der Waals surface area contributed by atoms with E-state index in [1.165, 1.54) is 5.56 Å². The number of amides is 1. The van der Waals surface area contributed by atoms with E-state index in [0.717, 1.165) is 29.0 Å². The molecule has 182 valence electrons. The third-order valence-corrected chi connectivity index (χ3v) is 7.23. The number of nitrogens with zero attached hydrogens (tertiary/aromatic N) is 2. The molecule has 0 radical (unpaired) electrons. The van der Waals surface area contributed by atoms with Crippen LogP contribution in [0, 0.1) is 6.92 Å². The van der Waals surface area contributed by atoms with Crippen LogP contribution in [-0.4, -0.2) is 21.3 Å².